The fraction of sp³-hybridized carbons (Fsp3) is 0.308. The molecular weight excluding hydrogens is 257 g/mol. The number of fused-ring (bicyclic) bond motifs is 1. The molecule has 1 aromatic carbocycles. The highest BCUT2D eigenvalue weighted by Crippen LogP contribution is 2.35. The van der Waals surface area contributed by atoms with Crippen LogP contribution in [0.2, 0.25) is 10.0 Å². The molecule has 2 rings (SSSR count). The number of rotatable bonds is 1. The summed E-state index contributed by atoms with van der Waals surface area (Å²) in [6.07, 6.45) is 0.846. The summed E-state index contributed by atoms with van der Waals surface area (Å²) in [5.74, 6) is 0. The van der Waals surface area contributed by atoms with Crippen molar-refractivity contribution in [1.29, 1.82) is 0 Å². The number of halogens is 2. The Balaban J connectivity index is 2.90. The second-order valence-electron chi connectivity index (χ2n) is 5.09. The molecule has 0 bridgehead atoms. The molecule has 0 spiro atoms. The maximum Gasteiger partial charge on any atom is 0.152 e. The van der Waals surface area contributed by atoms with E-state index in [0.717, 1.165) is 22.9 Å². The Kier molecular flexibility index (Phi) is 2.96. The number of carbonyl (C=O) groups is 1. The first-order valence-corrected chi connectivity index (χ1v) is 6.06. The third kappa shape index (κ3) is 2.07. The maximum atomic E-state index is 11.3. The van der Waals surface area contributed by atoms with E-state index < -0.39 is 0 Å². The van der Waals surface area contributed by atoms with Crippen LogP contribution in [0.1, 0.15) is 36.8 Å². The molecule has 90 valence electrons. The van der Waals surface area contributed by atoms with Crippen molar-refractivity contribution in [3.8, 4) is 0 Å². The first-order valence-electron chi connectivity index (χ1n) is 5.31. The molecule has 0 atom stereocenters. The van der Waals surface area contributed by atoms with Crippen LogP contribution in [0.5, 0.6) is 0 Å². The molecule has 2 nitrogen and oxygen atoms in total. The number of hydrogen-bond acceptors (Lipinski definition) is 1. The lowest BCUT2D eigenvalue weighted by atomic mass is 9.89. The van der Waals surface area contributed by atoms with Crippen molar-refractivity contribution in [3.63, 3.8) is 0 Å². The van der Waals surface area contributed by atoms with E-state index in [1.54, 1.807) is 12.1 Å². The minimum Gasteiger partial charge on any atom is -0.357 e. The van der Waals surface area contributed by atoms with Gasteiger partial charge >= 0.3 is 0 Å². The molecule has 0 aliphatic carbocycles. The topological polar surface area (TPSA) is 32.9 Å². The molecule has 2 aromatic rings. The van der Waals surface area contributed by atoms with Gasteiger partial charge in [0.1, 0.15) is 0 Å². The Morgan fingerprint density at radius 2 is 1.88 bits per heavy atom. The van der Waals surface area contributed by atoms with Crippen molar-refractivity contribution in [2.24, 2.45) is 0 Å². The van der Waals surface area contributed by atoms with E-state index in [1.807, 2.05) is 20.8 Å². The van der Waals surface area contributed by atoms with Gasteiger partial charge < -0.3 is 4.98 Å². The lowest BCUT2D eigenvalue weighted by Crippen LogP contribution is -2.13. The zero-order valence-electron chi connectivity index (χ0n) is 9.90. The molecule has 1 aromatic heterocycles. The Morgan fingerprint density at radius 1 is 1.24 bits per heavy atom. The van der Waals surface area contributed by atoms with Gasteiger partial charge in [-0.05, 0) is 12.1 Å². The predicted octanol–water partition coefficient (Wildman–Crippen LogP) is 4.58. The predicted molar refractivity (Wildman–Crippen MR) is 72.4 cm³/mol. The van der Waals surface area contributed by atoms with Crippen LogP contribution in [0.15, 0.2) is 12.1 Å². The van der Waals surface area contributed by atoms with Gasteiger partial charge in [-0.1, -0.05) is 44.0 Å². The average Bonchev–Trinajstić information content (AvgIpc) is 2.55. The molecule has 1 N–H and O–H groups in total. The van der Waals surface area contributed by atoms with Crippen molar-refractivity contribution >= 4 is 40.4 Å². The zero-order valence-corrected chi connectivity index (χ0v) is 11.4. The van der Waals surface area contributed by atoms with Gasteiger partial charge in [0.15, 0.2) is 6.29 Å². The minimum absolute atomic E-state index is 0.148. The summed E-state index contributed by atoms with van der Waals surface area (Å²) in [6, 6.07) is 3.43. The highest BCUT2D eigenvalue weighted by atomic mass is 35.5. The largest absolute Gasteiger partial charge is 0.357 e. The van der Waals surface area contributed by atoms with Crippen LogP contribution < -0.4 is 0 Å². The number of carbonyl (C=O) groups excluding carboxylic acids is 1. The summed E-state index contributed by atoms with van der Waals surface area (Å²) in [5, 5.41) is 1.80. The van der Waals surface area contributed by atoms with E-state index in [4.69, 9.17) is 23.2 Å². The van der Waals surface area contributed by atoms with E-state index in [9.17, 15) is 4.79 Å². The molecule has 0 amide bonds. The van der Waals surface area contributed by atoms with Crippen molar-refractivity contribution in [2.75, 3.05) is 0 Å². The SMILES string of the molecule is CC(C)(C)c1[nH]c2cc(Cl)cc(Cl)c2c1C=O. The first-order chi connectivity index (χ1) is 7.84. The monoisotopic (exact) mass is 269 g/mol. The third-order valence-corrected chi connectivity index (χ3v) is 3.24. The highest BCUT2D eigenvalue weighted by Gasteiger charge is 2.23. The van der Waals surface area contributed by atoms with Crippen molar-refractivity contribution in [2.45, 2.75) is 26.2 Å². The maximum absolute atomic E-state index is 11.3. The van der Waals surface area contributed by atoms with Crippen LogP contribution >= 0.6 is 23.2 Å². The van der Waals surface area contributed by atoms with Gasteiger partial charge in [0.2, 0.25) is 0 Å². The molecule has 0 fully saturated rings. The van der Waals surface area contributed by atoms with Gasteiger partial charge in [0.25, 0.3) is 0 Å². The Bertz CT molecular complexity index is 593. The summed E-state index contributed by atoms with van der Waals surface area (Å²) in [7, 11) is 0. The smallest absolute Gasteiger partial charge is 0.152 e. The van der Waals surface area contributed by atoms with Crippen LogP contribution in [0.4, 0.5) is 0 Å². The van der Waals surface area contributed by atoms with Gasteiger partial charge in [-0.2, -0.15) is 0 Å². The lowest BCUT2D eigenvalue weighted by Gasteiger charge is -2.17. The molecule has 0 aliphatic heterocycles. The number of nitrogens with one attached hydrogen (secondary N) is 1. The first kappa shape index (κ1) is 12.5. The molecular formula is C13H13Cl2NO. The molecule has 0 saturated heterocycles. The van der Waals surface area contributed by atoms with Crippen LogP contribution in [-0.4, -0.2) is 11.3 Å². The molecule has 0 unspecified atom stereocenters. The quantitative estimate of drug-likeness (QED) is 0.755. The third-order valence-electron chi connectivity index (χ3n) is 2.72. The summed E-state index contributed by atoms with van der Waals surface area (Å²) >= 11 is 12.1. The Labute approximate surface area is 110 Å². The number of H-pyrrole nitrogens is 1. The number of benzene rings is 1. The second-order valence-corrected chi connectivity index (χ2v) is 5.94. The lowest BCUT2D eigenvalue weighted by molar-refractivity contribution is 0.112. The molecule has 1 heterocycles. The number of aromatic amines is 1. The van der Waals surface area contributed by atoms with Crippen molar-refractivity contribution in [1.82, 2.24) is 4.98 Å². The van der Waals surface area contributed by atoms with Gasteiger partial charge in [-0.25, -0.2) is 0 Å². The average molecular weight is 270 g/mol. The summed E-state index contributed by atoms with van der Waals surface area (Å²) in [5.41, 5.74) is 2.15. The normalized spacial score (nSPS) is 12.1. The van der Waals surface area contributed by atoms with Gasteiger partial charge in [0.05, 0.1) is 5.02 Å². The molecule has 4 heteroatoms. The van der Waals surface area contributed by atoms with E-state index >= 15 is 0 Å². The Morgan fingerprint density at radius 3 is 2.41 bits per heavy atom. The van der Waals surface area contributed by atoms with Gasteiger partial charge in [-0.15, -0.1) is 0 Å². The zero-order chi connectivity index (χ0) is 12.8. The summed E-state index contributed by atoms with van der Waals surface area (Å²) in [6.45, 7) is 6.13. The summed E-state index contributed by atoms with van der Waals surface area (Å²) in [4.78, 5) is 14.5. The van der Waals surface area contributed by atoms with Crippen molar-refractivity contribution in [3.05, 3.63) is 33.4 Å². The van der Waals surface area contributed by atoms with E-state index in [1.165, 1.54) is 0 Å². The minimum atomic E-state index is -0.148. The summed E-state index contributed by atoms with van der Waals surface area (Å²) < 4.78 is 0. The highest BCUT2D eigenvalue weighted by molar-refractivity contribution is 6.39. The van der Waals surface area contributed by atoms with Crippen LogP contribution in [0.3, 0.4) is 0 Å². The molecule has 17 heavy (non-hydrogen) atoms. The molecule has 0 aliphatic rings. The number of aldehydes is 1. The fourth-order valence-corrected chi connectivity index (χ4v) is 2.58. The van der Waals surface area contributed by atoms with E-state index in [0.29, 0.717) is 15.6 Å². The van der Waals surface area contributed by atoms with Crippen LogP contribution in [0, 0.1) is 0 Å². The Hall–Kier alpha value is -0.990. The van der Waals surface area contributed by atoms with Gasteiger partial charge in [-0.3, -0.25) is 4.79 Å². The van der Waals surface area contributed by atoms with Gasteiger partial charge in [0, 0.05) is 32.6 Å². The number of hydrogen-bond donors (Lipinski definition) is 1. The van der Waals surface area contributed by atoms with Crippen LogP contribution in [0.25, 0.3) is 10.9 Å². The van der Waals surface area contributed by atoms with Crippen LogP contribution in [-0.2, 0) is 5.41 Å². The fourth-order valence-electron chi connectivity index (χ4n) is 1.98. The number of aromatic nitrogens is 1. The van der Waals surface area contributed by atoms with E-state index in [-0.39, 0.29) is 5.41 Å². The van der Waals surface area contributed by atoms with Crippen molar-refractivity contribution < 1.29 is 4.79 Å². The molecule has 0 radical (unpaired) electrons. The molecule has 0 saturated carbocycles. The standard InChI is InChI=1S/C13H13Cl2NO/c1-13(2,3)12-8(6-17)11-9(15)4-7(14)5-10(11)16-12/h4-6,16H,1-3H3. The second kappa shape index (κ2) is 4.04. The van der Waals surface area contributed by atoms with E-state index in [2.05, 4.69) is 4.98 Å².